The second-order valence-corrected chi connectivity index (χ2v) is 10.9. The lowest BCUT2D eigenvalue weighted by molar-refractivity contribution is 0.103. The predicted molar refractivity (Wildman–Crippen MR) is 130 cm³/mol. The number of rotatable bonds is 6. The first-order chi connectivity index (χ1) is 15.7. The Labute approximate surface area is 195 Å². The number of carbonyl (C=O) groups excluding carboxylic acids is 1. The minimum Gasteiger partial charge on any atom is -0.494 e. The quantitative estimate of drug-likeness (QED) is 0.546. The summed E-state index contributed by atoms with van der Waals surface area (Å²) in [5, 5.41) is 3.31. The Bertz CT molecular complexity index is 1390. The topological polar surface area (TPSA) is 119 Å². The molecule has 2 N–H and O–H groups in total. The van der Waals surface area contributed by atoms with E-state index >= 15 is 0 Å². The molecule has 0 unspecified atom stereocenters. The van der Waals surface area contributed by atoms with Gasteiger partial charge in [0.25, 0.3) is 11.5 Å². The number of nitrogens with one attached hydrogen (secondary N) is 2. The van der Waals surface area contributed by atoms with Crippen molar-refractivity contribution in [3.8, 4) is 5.75 Å². The van der Waals surface area contributed by atoms with E-state index in [0.717, 1.165) is 31.5 Å². The molecule has 0 spiro atoms. The monoisotopic (exact) mass is 490 g/mol. The number of benzene rings is 1. The summed E-state index contributed by atoms with van der Waals surface area (Å²) < 4.78 is 33.3. The van der Waals surface area contributed by atoms with Crippen LogP contribution in [0.2, 0.25) is 0 Å². The van der Waals surface area contributed by atoms with Crippen LogP contribution in [0.3, 0.4) is 0 Å². The van der Waals surface area contributed by atoms with Crippen molar-refractivity contribution in [1.82, 2.24) is 9.55 Å². The van der Waals surface area contributed by atoms with Gasteiger partial charge in [-0.25, -0.2) is 13.4 Å². The molecular weight excluding hydrogens is 464 g/mol. The van der Waals surface area contributed by atoms with Gasteiger partial charge in [0.05, 0.1) is 28.8 Å². The number of nitrogens with zero attached hydrogens (tertiary/aromatic N) is 2. The van der Waals surface area contributed by atoms with Crippen LogP contribution in [-0.2, 0) is 23.0 Å². The summed E-state index contributed by atoms with van der Waals surface area (Å²) in [4.78, 5) is 31.9. The molecule has 1 aliphatic heterocycles. The average molecular weight is 491 g/mol. The first-order valence-corrected chi connectivity index (χ1v) is 13.2. The van der Waals surface area contributed by atoms with Crippen molar-refractivity contribution in [3.05, 3.63) is 44.8 Å². The third-order valence-corrected chi connectivity index (χ3v) is 8.20. The van der Waals surface area contributed by atoms with E-state index in [0.29, 0.717) is 32.9 Å². The van der Waals surface area contributed by atoms with Gasteiger partial charge in [-0.3, -0.25) is 18.9 Å². The van der Waals surface area contributed by atoms with Crippen LogP contribution in [-0.4, -0.2) is 36.7 Å². The number of amides is 1. The number of fused-ring (bicyclic) bond motifs is 2. The van der Waals surface area contributed by atoms with Crippen LogP contribution in [0.4, 0.5) is 11.4 Å². The van der Waals surface area contributed by atoms with E-state index in [1.807, 2.05) is 0 Å². The molecule has 2 aromatic heterocycles. The highest BCUT2D eigenvalue weighted by Crippen LogP contribution is 2.31. The third kappa shape index (κ3) is 4.60. The van der Waals surface area contributed by atoms with Gasteiger partial charge in [0, 0.05) is 24.7 Å². The minimum absolute atomic E-state index is 0.0721. The number of anilines is 2. The first-order valence-electron chi connectivity index (χ1n) is 10.8. The summed E-state index contributed by atoms with van der Waals surface area (Å²) in [5.74, 6) is 0.630. The fraction of sp³-hybridized carbons (Fsp3) is 0.409. The van der Waals surface area contributed by atoms with Gasteiger partial charge in [-0.15, -0.1) is 11.3 Å². The molecule has 0 atom stereocenters. The van der Waals surface area contributed by atoms with Gasteiger partial charge >= 0.3 is 0 Å². The zero-order valence-electron chi connectivity index (χ0n) is 18.7. The Morgan fingerprint density at radius 2 is 2.06 bits per heavy atom. The van der Waals surface area contributed by atoms with E-state index in [4.69, 9.17) is 9.72 Å². The molecule has 33 heavy (non-hydrogen) atoms. The molecule has 1 aromatic carbocycles. The number of methoxy groups -OCH3 is 1. The van der Waals surface area contributed by atoms with Crippen molar-refractivity contribution in [2.45, 2.75) is 46.1 Å². The number of aryl methyl sites for hydroxylation is 2. The second-order valence-electron chi connectivity index (χ2n) is 7.91. The highest BCUT2D eigenvalue weighted by atomic mass is 32.2. The van der Waals surface area contributed by atoms with Crippen molar-refractivity contribution in [2.24, 2.45) is 0 Å². The lowest BCUT2D eigenvalue weighted by atomic mass is 10.2. The molecule has 3 heterocycles. The van der Waals surface area contributed by atoms with Gasteiger partial charge in [0.15, 0.2) is 0 Å². The summed E-state index contributed by atoms with van der Waals surface area (Å²) in [6.07, 6.45) is 3.79. The highest BCUT2D eigenvalue weighted by molar-refractivity contribution is 7.92. The molecule has 0 radical (unpaired) electrons. The predicted octanol–water partition coefficient (Wildman–Crippen LogP) is 3.52. The number of sulfonamides is 1. The molecule has 0 saturated heterocycles. The largest absolute Gasteiger partial charge is 0.494 e. The second kappa shape index (κ2) is 9.14. The summed E-state index contributed by atoms with van der Waals surface area (Å²) >= 11 is 1.21. The minimum atomic E-state index is -3.47. The van der Waals surface area contributed by atoms with Crippen molar-refractivity contribution >= 4 is 48.9 Å². The zero-order chi connectivity index (χ0) is 23.8. The fourth-order valence-electron chi connectivity index (χ4n) is 3.91. The van der Waals surface area contributed by atoms with Crippen molar-refractivity contribution in [2.75, 3.05) is 22.9 Å². The maximum absolute atomic E-state index is 13.1. The van der Waals surface area contributed by atoms with Crippen LogP contribution in [0.5, 0.6) is 5.75 Å². The lowest BCUT2D eigenvalue weighted by Crippen LogP contribution is -2.24. The number of hydrogen-bond acceptors (Lipinski definition) is 7. The molecule has 176 valence electrons. The van der Waals surface area contributed by atoms with E-state index in [1.165, 1.54) is 31.4 Å². The maximum Gasteiger partial charge on any atom is 0.266 e. The fourth-order valence-corrected chi connectivity index (χ4v) is 5.64. The molecule has 1 amide bonds. The summed E-state index contributed by atoms with van der Waals surface area (Å²) in [7, 11) is -2.05. The van der Waals surface area contributed by atoms with E-state index in [9.17, 15) is 18.0 Å². The van der Waals surface area contributed by atoms with Crippen LogP contribution < -0.4 is 20.3 Å². The van der Waals surface area contributed by atoms with E-state index in [1.54, 1.807) is 23.6 Å². The summed E-state index contributed by atoms with van der Waals surface area (Å²) in [6, 6.07) is 4.67. The lowest BCUT2D eigenvalue weighted by Gasteiger charge is -2.13. The average Bonchev–Trinajstić information content (AvgIpc) is 2.95. The van der Waals surface area contributed by atoms with Crippen LogP contribution in [0.25, 0.3) is 10.2 Å². The molecule has 0 saturated carbocycles. The van der Waals surface area contributed by atoms with Gasteiger partial charge in [-0.2, -0.15) is 0 Å². The molecule has 11 heteroatoms. The molecule has 1 aliphatic rings. The molecule has 9 nitrogen and oxygen atoms in total. The van der Waals surface area contributed by atoms with Crippen LogP contribution >= 0.6 is 11.3 Å². The van der Waals surface area contributed by atoms with Gasteiger partial charge in [0.2, 0.25) is 10.0 Å². The van der Waals surface area contributed by atoms with Crippen LogP contribution in [0.1, 0.15) is 47.2 Å². The Hall–Kier alpha value is -2.92. The third-order valence-electron chi connectivity index (χ3n) is 5.72. The van der Waals surface area contributed by atoms with Gasteiger partial charge in [-0.05, 0) is 44.4 Å². The first kappa shape index (κ1) is 23.2. The van der Waals surface area contributed by atoms with Gasteiger partial charge < -0.3 is 10.1 Å². The Morgan fingerprint density at radius 1 is 1.27 bits per heavy atom. The standard InChI is InChI=1S/C22H26N4O5S2/c1-4-33(29,30)25-15-10-9-14(12-16(15)31-3)23-20(27)19-13(2)18-21(32-19)24-17-8-6-5-7-11-26(17)22(18)28/h9-10,12,25H,4-8,11H2,1-3H3,(H,23,27). The number of hydrogen-bond donors (Lipinski definition) is 2. The molecule has 3 aromatic rings. The molecule has 4 rings (SSSR count). The Morgan fingerprint density at radius 3 is 2.79 bits per heavy atom. The molecule has 0 fully saturated rings. The Kier molecular flexibility index (Phi) is 6.44. The van der Waals surface area contributed by atoms with E-state index in [-0.39, 0.29) is 28.7 Å². The molecular formula is C22H26N4O5S2. The number of aromatic nitrogens is 2. The SMILES string of the molecule is CCS(=O)(=O)Nc1ccc(NC(=O)c2sc3nc4n(c(=O)c3c2C)CCCCC4)cc1OC. The Balaban J connectivity index is 1.65. The highest BCUT2D eigenvalue weighted by Gasteiger charge is 2.22. The molecule has 0 aliphatic carbocycles. The van der Waals surface area contributed by atoms with Crippen molar-refractivity contribution in [3.63, 3.8) is 0 Å². The maximum atomic E-state index is 13.1. The number of thiophene rings is 1. The molecule has 0 bridgehead atoms. The van der Waals surface area contributed by atoms with Crippen LogP contribution in [0.15, 0.2) is 23.0 Å². The van der Waals surface area contributed by atoms with E-state index in [2.05, 4.69) is 10.0 Å². The van der Waals surface area contributed by atoms with E-state index < -0.39 is 10.0 Å². The zero-order valence-corrected chi connectivity index (χ0v) is 20.4. The van der Waals surface area contributed by atoms with Crippen LogP contribution in [0, 0.1) is 6.92 Å². The van der Waals surface area contributed by atoms with Gasteiger partial charge in [-0.1, -0.05) is 6.42 Å². The van der Waals surface area contributed by atoms with Crippen molar-refractivity contribution in [1.29, 1.82) is 0 Å². The smallest absolute Gasteiger partial charge is 0.266 e. The summed E-state index contributed by atoms with van der Waals surface area (Å²) in [6.45, 7) is 3.96. The van der Waals surface area contributed by atoms with Gasteiger partial charge in [0.1, 0.15) is 16.4 Å². The van der Waals surface area contributed by atoms with Crippen molar-refractivity contribution < 1.29 is 17.9 Å². The number of ether oxygens (including phenoxy) is 1. The number of carbonyl (C=O) groups is 1. The summed E-state index contributed by atoms with van der Waals surface area (Å²) in [5.41, 5.74) is 1.26. The normalized spacial score (nSPS) is 13.9.